The highest BCUT2D eigenvalue weighted by molar-refractivity contribution is 7.15. The molecule has 1 aromatic heterocycles. The van der Waals surface area contributed by atoms with Crippen LogP contribution in [0.4, 0.5) is 0 Å². The fourth-order valence-corrected chi connectivity index (χ4v) is 2.79. The summed E-state index contributed by atoms with van der Waals surface area (Å²) in [7, 11) is 3.82. The number of aromatic carboxylic acids is 1. The molecule has 94 valence electrons. The molecule has 4 nitrogen and oxygen atoms in total. The second-order valence-corrected chi connectivity index (χ2v) is 5.28. The number of nitrogens with zero attached hydrogens (tertiary/aromatic N) is 2. The lowest BCUT2D eigenvalue weighted by Gasteiger charge is -2.06. The van der Waals surface area contributed by atoms with E-state index >= 15 is 0 Å². The Balaban J connectivity index is 2.42. The van der Waals surface area contributed by atoms with Crippen molar-refractivity contribution in [2.45, 2.75) is 6.54 Å². The van der Waals surface area contributed by atoms with E-state index in [1.165, 1.54) is 11.3 Å². The Hall–Kier alpha value is -1.72. The van der Waals surface area contributed by atoms with E-state index in [0.29, 0.717) is 6.54 Å². The smallest absolute Gasteiger partial charge is 0.355 e. The predicted octanol–water partition coefficient (Wildman–Crippen LogP) is 2.57. The molecule has 0 saturated carbocycles. The SMILES string of the molecule is CN(C)Cc1sc(-c2ccccc2)nc1C(=O)O. The van der Waals surface area contributed by atoms with Gasteiger partial charge in [0.15, 0.2) is 5.69 Å². The Labute approximate surface area is 110 Å². The molecule has 1 N–H and O–H groups in total. The molecule has 0 radical (unpaired) electrons. The Morgan fingerprint density at radius 2 is 2.00 bits per heavy atom. The topological polar surface area (TPSA) is 53.4 Å². The van der Waals surface area contributed by atoms with E-state index in [1.807, 2.05) is 49.3 Å². The molecule has 5 heteroatoms. The van der Waals surface area contributed by atoms with Gasteiger partial charge in [-0.05, 0) is 14.1 Å². The number of carboxylic acid groups (broad SMARTS) is 1. The van der Waals surface area contributed by atoms with Gasteiger partial charge in [-0.25, -0.2) is 9.78 Å². The molecule has 1 aromatic carbocycles. The molecule has 0 saturated heterocycles. The Morgan fingerprint density at radius 1 is 1.33 bits per heavy atom. The van der Waals surface area contributed by atoms with E-state index in [-0.39, 0.29) is 5.69 Å². The lowest BCUT2D eigenvalue weighted by Crippen LogP contribution is -2.12. The van der Waals surface area contributed by atoms with Crippen molar-refractivity contribution in [1.29, 1.82) is 0 Å². The van der Waals surface area contributed by atoms with Gasteiger partial charge < -0.3 is 10.0 Å². The van der Waals surface area contributed by atoms with Crippen LogP contribution in [0.25, 0.3) is 10.6 Å². The molecular weight excluding hydrogens is 248 g/mol. The minimum atomic E-state index is -0.967. The van der Waals surface area contributed by atoms with Crippen molar-refractivity contribution in [3.8, 4) is 10.6 Å². The molecule has 0 aliphatic carbocycles. The van der Waals surface area contributed by atoms with Gasteiger partial charge in [-0.1, -0.05) is 30.3 Å². The van der Waals surface area contributed by atoms with Crippen molar-refractivity contribution < 1.29 is 9.90 Å². The maximum Gasteiger partial charge on any atom is 0.355 e. The molecule has 0 aliphatic rings. The van der Waals surface area contributed by atoms with Gasteiger partial charge in [0.1, 0.15) is 5.01 Å². The summed E-state index contributed by atoms with van der Waals surface area (Å²) in [5.41, 5.74) is 1.11. The fraction of sp³-hybridized carbons (Fsp3) is 0.231. The normalized spacial score (nSPS) is 10.8. The third-order valence-corrected chi connectivity index (χ3v) is 3.47. The van der Waals surface area contributed by atoms with Crippen LogP contribution < -0.4 is 0 Å². The fourth-order valence-electron chi connectivity index (χ4n) is 1.62. The summed E-state index contributed by atoms with van der Waals surface area (Å²) in [6, 6.07) is 9.63. The Bertz CT molecular complexity index is 549. The van der Waals surface area contributed by atoms with Crippen molar-refractivity contribution in [2.75, 3.05) is 14.1 Å². The quantitative estimate of drug-likeness (QED) is 0.920. The van der Waals surface area contributed by atoms with Gasteiger partial charge >= 0.3 is 5.97 Å². The Kier molecular flexibility index (Phi) is 3.74. The second kappa shape index (κ2) is 5.29. The van der Waals surface area contributed by atoms with Crippen LogP contribution in [-0.2, 0) is 6.54 Å². The van der Waals surface area contributed by atoms with Gasteiger partial charge in [0.2, 0.25) is 0 Å². The van der Waals surface area contributed by atoms with Gasteiger partial charge in [-0.3, -0.25) is 0 Å². The van der Waals surface area contributed by atoms with E-state index in [2.05, 4.69) is 4.98 Å². The number of hydrogen-bond acceptors (Lipinski definition) is 4. The second-order valence-electron chi connectivity index (χ2n) is 4.20. The van der Waals surface area contributed by atoms with Crippen molar-refractivity contribution in [1.82, 2.24) is 9.88 Å². The minimum absolute atomic E-state index is 0.160. The summed E-state index contributed by atoms with van der Waals surface area (Å²) < 4.78 is 0. The summed E-state index contributed by atoms with van der Waals surface area (Å²) in [4.78, 5) is 18.1. The average Bonchev–Trinajstić information content (AvgIpc) is 2.73. The van der Waals surface area contributed by atoms with Gasteiger partial charge in [0, 0.05) is 12.1 Å². The summed E-state index contributed by atoms with van der Waals surface area (Å²) in [6.07, 6.45) is 0. The summed E-state index contributed by atoms with van der Waals surface area (Å²) in [5, 5.41) is 9.92. The summed E-state index contributed by atoms with van der Waals surface area (Å²) in [5.74, 6) is -0.967. The Morgan fingerprint density at radius 3 is 2.56 bits per heavy atom. The zero-order valence-electron chi connectivity index (χ0n) is 10.3. The number of hydrogen-bond donors (Lipinski definition) is 1. The van der Waals surface area contributed by atoms with Crippen molar-refractivity contribution in [2.24, 2.45) is 0 Å². The van der Waals surface area contributed by atoms with Crippen LogP contribution in [0, 0.1) is 0 Å². The van der Waals surface area contributed by atoms with Crippen LogP contribution in [0.1, 0.15) is 15.4 Å². The predicted molar refractivity (Wildman–Crippen MR) is 71.9 cm³/mol. The lowest BCUT2D eigenvalue weighted by atomic mass is 10.2. The molecule has 2 rings (SSSR count). The number of aromatic nitrogens is 1. The van der Waals surface area contributed by atoms with Crippen LogP contribution in [0.2, 0.25) is 0 Å². The number of thiazole rings is 1. The van der Waals surface area contributed by atoms with E-state index in [0.717, 1.165) is 15.4 Å². The highest BCUT2D eigenvalue weighted by Gasteiger charge is 2.18. The zero-order valence-corrected chi connectivity index (χ0v) is 11.1. The van der Waals surface area contributed by atoms with Crippen molar-refractivity contribution in [3.63, 3.8) is 0 Å². The van der Waals surface area contributed by atoms with Crippen LogP contribution in [0.5, 0.6) is 0 Å². The first kappa shape index (κ1) is 12.7. The van der Waals surface area contributed by atoms with Gasteiger partial charge in [0.05, 0.1) is 4.88 Å². The summed E-state index contributed by atoms with van der Waals surface area (Å²) >= 11 is 1.44. The molecule has 0 aliphatic heterocycles. The molecule has 0 atom stereocenters. The molecular formula is C13H14N2O2S. The summed E-state index contributed by atoms with van der Waals surface area (Å²) in [6.45, 7) is 0.589. The van der Waals surface area contributed by atoms with E-state index in [1.54, 1.807) is 0 Å². The molecule has 18 heavy (non-hydrogen) atoms. The molecule has 0 spiro atoms. The number of carbonyl (C=O) groups is 1. The third kappa shape index (κ3) is 2.75. The van der Waals surface area contributed by atoms with Crippen molar-refractivity contribution >= 4 is 17.3 Å². The highest BCUT2D eigenvalue weighted by atomic mass is 32.1. The first-order valence-corrected chi connectivity index (χ1v) is 6.32. The standard InChI is InChI=1S/C13H14N2O2S/c1-15(2)8-10-11(13(16)17)14-12(18-10)9-6-4-3-5-7-9/h3-7H,8H2,1-2H3,(H,16,17). The monoisotopic (exact) mass is 262 g/mol. The highest BCUT2D eigenvalue weighted by Crippen LogP contribution is 2.28. The van der Waals surface area contributed by atoms with E-state index in [9.17, 15) is 4.79 Å². The van der Waals surface area contributed by atoms with Gasteiger partial charge in [-0.15, -0.1) is 11.3 Å². The first-order chi connectivity index (χ1) is 8.58. The molecule has 0 fully saturated rings. The zero-order chi connectivity index (χ0) is 13.1. The maximum atomic E-state index is 11.2. The third-order valence-electron chi connectivity index (χ3n) is 2.38. The first-order valence-electron chi connectivity index (χ1n) is 5.51. The van der Waals surface area contributed by atoms with Crippen LogP contribution in [-0.4, -0.2) is 35.1 Å². The average molecular weight is 262 g/mol. The molecule has 1 heterocycles. The number of carboxylic acids is 1. The molecule has 0 bridgehead atoms. The molecule has 0 amide bonds. The number of benzene rings is 1. The van der Waals surface area contributed by atoms with Crippen LogP contribution in [0.15, 0.2) is 30.3 Å². The minimum Gasteiger partial charge on any atom is -0.476 e. The van der Waals surface area contributed by atoms with E-state index < -0.39 is 5.97 Å². The molecule has 2 aromatic rings. The van der Waals surface area contributed by atoms with E-state index in [4.69, 9.17) is 5.11 Å². The van der Waals surface area contributed by atoms with Crippen molar-refractivity contribution in [3.05, 3.63) is 40.9 Å². The molecule has 0 unspecified atom stereocenters. The van der Waals surface area contributed by atoms with Gasteiger partial charge in [-0.2, -0.15) is 0 Å². The van der Waals surface area contributed by atoms with Crippen LogP contribution >= 0.6 is 11.3 Å². The largest absolute Gasteiger partial charge is 0.476 e. The van der Waals surface area contributed by atoms with Crippen LogP contribution in [0.3, 0.4) is 0 Å². The lowest BCUT2D eigenvalue weighted by molar-refractivity contribution is 0.0689. The van der Waals surface area contributed by atoms with Gasteiger partial charge in [0.25, 0.3) is 0 Å². The number of rotatable bonds is 4. The maximum absolute atomic E-state index is 11.2.